The molecule has 1 aliphatic rings. The first-order chi connectivity index (χ1) is 18.8. The van der Waals surface area contributed by atoms with E-state index in [-0.39, 0.29) is 31.0 Å². The number of nitrogens with zero attached hydrogens (tertiary/aromatic N) is 1. The monoisotopic (exact) mass is 630 g/mol. The Kier molecular flexibility index (Phi) is 10.7. The lowest BCUT2D eigenvalue weighted by molar-refractivity contribution is -0.143. The third kappa shape index (κ3) is 8.47. The van der Waals surface area contributed by atoms with Gasteiger partial charge in [-0.2, -0.15) is 0 Å². The first-order valence-corrected chi connectivity index (χ1v) is 14.8. The summed E-state index contributed by atoms with van der Waals surface area (Å²) in [6.45, 7) is 1.94. The van der Waals surface area contributed by atoms with E-state index < -0.39 is 6.04 Å². The van der Waals surface area contributed by atoms with E-state index in [9.17, 15) is 9.59 Å². The lowest BCUT2D eigenvalue weighted by Gasteiger charge is -2.33. The van der Waals surface area contributed by atoms with Crippen LogP contribution in [0.15, 0.2) is 71.2 Å². The highest BCUT2D eigenvalue weighted by molar-refractivity contribution is 9.10. The van der Waals surface area contributed by atoms with Crippen LogP contribution in [0.25, 0.3) is 0 Å². The van der Waals surface area contributed by atoms with Crippen LogP contribution in [0.2, 0.25) is 10.0 Å². The number of amides is 2. The molecule has 1 fully saturated rings. The maximum Gasteiger partial charge on any atom is 0.261 e. The van der Waals surface area contributed by atoms with Crippen LogP contribution in [-0.2, 0) is 22.6 Å². The topological polar surface area (TPSA) is 58.6 Å². The van der Waals surface area contributed by atoms with Gasteiger partial charge in [-0.3, -0.25) is 9.59 Å². The van der Waals surface area contributed by atoms with Crippen molar-refractivity contribution in [3.8, 4) is 5.75 Å². The minimum Gasteiger partial charge on any atom is -0.484 e. The van der Waals surface area contributed by atoms with Crippen LogP contribution < -0.4 is 10.1 Å². The molecule has 1 atom stereocenters. The molecule has 5 nitrogen and oxygen atoms in total. The summed E-state index contributed by atoms with van der Waals surface area (Å²) in [7, 11) is 0. The van der Waals surface area contributed by atoms with E-state index in [1.807, 2.05) is 61.5 Å². The van der Waals surface area contributed by atoms with Gasteiger partial charge in [0.1, 0.15) is 11.8 Å². The Balaban J connectivity index is 1.63. The van der Waals surface area contributed by atoms with Gasteiger partial charge < -0.3 is 15.0 Å². The van der Waals surface area contributed by atoms with E-state index in [1.54, 1.807) is 17.0 Å². The lowest BCUT2D eigenvalue weighted by Crippen LogP contribution is -2.53. The molecule has 3 aromatic carbocycles. The molecule has 0 heterocycles. The maximum absolute atomic E-state index is 13.8. The molecule has 0 aromatic heterocycles. The highest BCUT2D eigenvalue weighted by atomic mass is 79.9. The molecule has 39 heavy (non-hydrogen) atoms. The van der Waals surface area contributed by atoms with Gasteiger partial charge in [0.05, 0.1) is 10.0 Å². The second-order valence-electron chi connectivity index (χ2n) is 10.0. The van der Waals surface area contributed by atoms with Gasteiger partial charge >= 0.3 is 0 Å². The van der Waals surface area contributed by atoms with Gasteiger partial charge in [-0.05, 0) is 66.8 Å². The van der Waals surface area contributed by atoms with E-state index in [2.05, 4.69) is 21.2 Å². The zero-order valence-electron chi connectivity index (χ0n) is 22.0. The van der Waals surface area contributed by atoms with E-state index in [0.717, 1.165) is 46.8 Å². The first-order valence-electron chi connectivity index (χ1n) is 13.3. The molecular formula is C31H33BrCl2N2O3. The lowest BCUT2D eigenvalue weighted by atomic mass is 9.94. The molecule has 2 amide bonds. The average molecular weight is 632 g/mol. The zero-order chi connectivity index (χ0) is 27.8. The minimum absolute atomic E-state index is 0.119. The van der Waals surface area contributed by atoms with Crippen molar-refractivity contribution < 1.29 is 14.3 Å². The summed E-state index contributed by atoms with van der Waals surface area (Å²) >= 11 is 15.9. The number of benzene rings is 3. The molecule has 1 aliphatic carbocycles. The van der Waals surface area contributed by atoms with Crippen LogP contribution in [-0.4, -0.2) is 35.4 Å². The van der Waals surface area contributed by atoms with Gasteiger partial charge in [0.15, 0.2) is 6.61 Å². The molecule has 1 unspecified atom stereocenters. The third-order valence-corrected chi connectivity index (χ3v) is 8.68. The van der Waals surface area contributed by atoms with Crippen molar-refractivity contribution >= 4 is 50.9 Å². The Bertz CT molecular complexity index is 1280. The molecule has 206 valence electrons. The number of carbonyl (C=O) groups is 2. The van der Waals surface area contributed by atoms with E-state index in [4.69, 9.17) is 27.9 Å². The fourth-order valence-electron chi connectivity index (χ4n) is 4.87. The second kappa shape index (κ2) is 14.2. The van der Waals surface area contributed by atoms with E-state index in [0.29, 0.717) is 22.2 Å². The molecule has 4 rings (SSSR count). The number of halogens is 3. The number of nitrogens with one attached hydrogen (secondary N) is 1. The Morgan fingerprint density at radius 2 is 1.72 bits per heavy atom. The van der Waals surface area contributed by atoms with Crippen LogP contribution in [0.4, 0.5) is 0 Å². The summed E-state index contributed by atoms with van der Waals surface area (Å²) in [4.78, 5) is 29.2. The summed E-state index contributed by atoms with van der Waals surface area (Å²) < 4.78 is 6.87. The molecule has 0 spiro atoms. The van der Waals surface area contributed by atoms with Gasteiger partial charge in [0, 0.05) is 23.5 Å². The van der Waals surface area contributed by atoms with Crippen LogP contribution in [0.3, 0.4) is 0 Å². The summed E-state index contributed by atoms with van der Waals surface area (Å²) in [5.74, 6) is 0.143. The molecular weight excluding hydrogens is 599 g/mol. The quantitative estimate of drug-likeness (QED) is 0.252. The summed E-state index contributed by atoms with van der Waals surface area (Å²) in [5.41, 5.74) is 2.75. The van der Waals surface area contributed by atoms with Crippen molar-refractivity contribution in [2.75, 3.05) is 6.61 Å². The molecule has 8 heteroatoms. The number of carbonyl (C=O) groups excluding carboxylic acids is 2. The molecule has 0 radical (unpaired) electrons. The van der Waals surface area contributed by atoms with Crippen LogP contribution in [0, 0.1) is 6.92 Å². The fourth-order valence-corrected chi connectivity index (χ4v) is 5.44. The van der Waals surface area contributed by atoms with E-state index >= 15 is 0 Å². The van der Waals surface area contributed by atoms with Crippen molar-refractivity contribution in [3.63, 3.8) is 0 Å². The minimum atomic E-state index is -0.730. The summed E-state index contributed by atoms with van der Waals surface area (Å²) in [6.07, 6.45) is 5.67. The predicted octanol–water partition coefficient (Wildman–Crippen LogP) is 7.53. The number of rotatable bonds is 10. The van der Waals surface area contributed by atoms with E-state index in [1.165, 1.54) is 6.42 Å². The van der Waals surface area contributed by atoms with Gasteiger partial charge in [0.2, 0.25) is 5.91 Å². The van der Waals surface area contributed by atoms with Gasteiger partial charge in [-0.15, -0.1) is 0 Å². The zero-order valence-corrected chi connectivity index (χ0v) is 25.1. The van der Waals surface area contributed by atoms with Crippen molar-refractivity contribution in [1.29, 1.82) is 0 Å². The SMILES string of the molecule is Cc1cc(OCC(=O)N(Cc2ccc(Cl)c(Cl)c2)C(Cc2ccccc2)C(=O)NC2CCCCC2)ccc1Br. The Morgan fingerprint density at radius 3 is 2.41 bits per heavy atom. The van der Waals surface area contributed by atoms with Gasteiger partial charge in [-0.25, -0.2) is 0 Å². The largest absolute Gasteiger partial charge is 0.484 e. The molecule has 0 bridgehead atoms. The highest BCUT2D eigenvalue weighted by Crippen LogP contribution is 2.26. The second-order valence-corrected chi connectivity index (χ2v) is 11.7. The number of aryl methyl sites for hydroxylation is 1. The van der Waals surface area contributed by atoms with Crippen LogP contribution >= 0.6 is 39.1 Å². The smallest absolute Gasteiger partial charge is 0.261 e. The fraction of sp³-hybridized carbons (Fsp3) is 0.355. The Labute approximate surface area is 249 Å². The molecule has 1 N–H and O–H groups in total. The molecule has 1 saturated carbocycles. The Morgan fingerprint density at radius 1 is 0.974 bits per heavy atom. The van der Waals surface area contributed by atoms with Crippen molar-refractivity contribution in [3.05, 3.63) is 97.9 Å². The van der Waals surface area contributed by atoms with Gasteiger partial charge in [-0.1, -0.05) is 94.8 Å². The summed E-state index contributed by atoms with van der Waals surface area (Å²) in [5, 5.41) is 4.07. The summed E-state index contributed by atoms with van der Waals surface area (Å²) in [6, 6.07) is 20.0. The third-order valence-electron chi connectivity index (χ3n) is 7.05. The number of hydrogen-bond acceptors (Lipinski definition) is 3. The predicted molar refractivity (Wildman–Crippen MR) is 160 cm³/mol. The maximum atomic E-state index is 13.8. The standard InChI is InChI=1S/C31H33BrCl2N2O3/c1-21-16-25(13-14-26(21)32)39-20-30(37)36(19-23-12-15-27(33)28(34)17-23)29(18-22-8-4-2-5-9-22)31(38)35-24-10-6-3-7-11-24/h2,4-5,8-9,12-17,24,29H,3,6-7,10-11,18-20H2,1H3,(H,35,38). The van der Waals surface area contributed by atoms with Crippen LogP contribution in [0.5, 0.6) is 5.75 Å². The molecule has 0 aliphatic heterocycles. The van der Waals surface area contributed by atoms with Gasteiger partial charge in [0.25, 0.3) is 5.91 Å². The number of hydrogen-bond donors (Lipinski definition) is 1. The normalized spacial score (nSPS) is 14.5. The van der Waals surface area contributed by atoms with Crippen LogP contribution in [0.1, 0.15) is 48.8 Å². The Hall–Kier alpha value is -2.54. The molecule has 0 saturated heterocycles. The highest BCUT2D eigenvalue weighted by Gasteiger charge is 2.32. The van der Waals surface area contributed by atoms with Crippen molar-refractivity contribution in [2.24, 2.45) is 0 Å². The van der Waals surface area contributed by atoms with Crippen molar-refractivity contribution in [1.82, 2.24) is 10.2 Å². The average Bonchev–Trinajstić information content (AvgIpc) is 2.94. The van der Waals surface area contributed by atoms with Crippen molar-refractivity contribution in [2.45, 2.75) is 64.1 Å². The first kappa shape index (κ1) is 29.4. The molecule has 3 aromatic rings. The number of ether oxygens (including phenoxy) is 1.